The Hall–Kier alpha value is 3.36. The molecule has 2 aliphatic heterocycles. The Bertz CT molecular complexity index is 917. The summed E-state index contributed by atoms with van der Waals surface area (Å²) in [5.41, 5.74) is 0. The first kappa shape index (κ1) is 42.5. The van der Waals surface area contributed by atoms with Gasteiger partial charge in [-0.3, -0.25) is 0 Å². The third-order valence-corrected chi connectivity index (χ3v) is 187. The molecule has 11 heteroatoms. The average molecular weight is 908 g/mol. The molecule has 0 atom stereocenters. The molecule has 0 saturated carbocycles. The van der Waals surface area contributed by atoms with E-state index in [0.29, 0.717) is 0 Å². The van der Waals surface area contributed by atoms with E-state index in [0.717, 1.165) is 14.0 Å². The Balaban J connectivity index is 3.74. The Labute approximate surface area is 292 Å². The van der Waals surface area contributed by atoms with Crippen molar-refractivity contribution in [1.29, 1.82) is 0 Å². The van der Waals surface area contributed by atoms with Crippen LogP contribution in [-0.4, -0.2) is 98.7 Å². The van der Waals surface area contributed by atoms with Crippen LogP contribution in [0.15, 0.2) is 0 Å². The van der Waals surface area contributed by atoms with E-state index in [9.17, 15) is 0 Å². The fourth-order valence-corrected chi connectivity index (χ4v) is 371. The molecule has 0 aromatic rings. The molecule has 252 valence electrons. The van der Waals surface area contributed by atoms with Gasteiger partial charge < -0.3 is 0 Å². The van der Waals surface area contributed by atoms with E-state index in [4.69, 9.17) is 0 Å². The van der Waals surface area contributed by atoms with Gasteiger partial charge in [-0.15, -0.1) is 0 Å². The van der Waals surface area contributed by atoms with Crippen molar-refractivity contribution < 1.29 is 0 Å². The van der Waals surface area contributed by atoms with Crippen LogP contribution in [0.5, 0.6) is 0 Å². The molecule has 2 fully saturated rings. The van der Waals surface area contributed by atoms with Crippen molar-refractivity contribution in [3.05, 3.63) is 0 Å². The van der Waals surface area contributed by atoms with Gasteiger partial charge in [-0.25, -0.2) is 0 Å². The second-order valence-corrected chi connectivity index (χ2v) is 115. The Kier molecular flexibility index (Phi) is 11.8. The summed E-state index contributed by atoms with van der Waals surface area (Å²) in [5.74, 6) is 0. The summed E-state index contributed by atoms with van der Waals surface area (Å²) in [6.45, 7) is 70.4. The molecule has 2 aliphatic rings. The molecular weight excluding hydrogens is 827 g/mol. The minimum absolute atomic E-state index is 0.123. The van der Waals surface area contributed by atoms with Crippen molar-refractivity contribution in [3.8, 4) is 0 Å². The van der Waals surface area contributed by atoms with Crippen LogP contribution in [0.2, 0.25) is 171 Å². The van der Waals surface area contributed by atoms with Gasteiger partial charge in [-0.2, -0.15) is 0 Å². The van der Waals surface area contributed by atoms with E-state index in [2.05, 4.69) is 157 Å². The molecule has 0 radical (unpaired) electrons. The first-order valence-electron chi connectivity index (χ1n) is 17.9. The molecule has 2 heterocycles. The second-order valence-electron chi connectivity index (χ2n) is 23.5. The SMILES string of the molecule is C[Si](C)(C)[C]1([Si](C)(C)C)CC[C]([Si](C)(C)C)([Si](C)(C)C)[Ge]1=[Ge]=[Ge]1[C]([Si](C)(C)C)([Si](C)(C)C)CC[C]1([Si](C)(C)C)[Si](C)(C)C. The quantitative estimate of drug-likeness (QED) is 0.213. The van der Waals surface area contributed by atoms with Gasteiger partial charge in [0.05, 0.1) is 0 Å². The van der Waals surface area contributed by atoms with Crippen LogP contribution in [0.25, 0.3) is 0 Å². The van der Waals surface area contributed by atoms with Crippen molar-refractivity contribution in [2.24, 2.45) is 0 Å². The van der Waals surface area contributed by atoms with Gasteiger partial charge in [0.1, 0.15) is 0 Å². The zero-order valence-electron chi connectivity index (χ0n) is 34.3. The molecule has 0 nitrogen and oxygen atoms in total. The number of hydrogen-bond acceptors (Lipinski definition) is 0. The summed E-state index contributed by atoms with van der Waals surface area (Å²) in [6.07, 6.45) is 6.82. The number of rotatable bonds is 8. The topological polar surface area (TPSA) is 0 Å². The van der Waals surface area contributed by atoms with Crippen LogP contribution in [0.3, 0.4) is 0 Å². The second kappa shape index (κ2) is 12.0. The number of hydrogen-bond donors (Lipinski definition) is 0. The zero-order chi connectivity index (χ0) is 34.7. The van der Waals surface area contributed by atoms with Gasteiger partial charge in [-0.1, -0.05) is 0 Å². The molecule has 0 N–H and O–H groups in total. The summed E-state index contributed by atoms with van der Waals surface area (Å²) in [6, 6.07) is 0. The van der Waals surface area contributed by atoms with E-state index in [-0.39, 0.29) is 10.4 Å². The third kappa shape index (κ3) is 6.19. The molecule has 0 unspecified atom stereocenters. The normalized spacial score (nSPS) is 23.5. The Morgan fingerprint density at radius 1 is 0.279 bits per heavy atom. The summed E-state index contributed by atoms with van der Waals surface area (Å²) >= 11 is -2.99. The summed E-state index contributed by atoms with van der Waals surface area (Å²) in [7, 11) is -10.9. The molecule has 0 aliphatic carbocycles. The molecule has 0 amide bonds. The van der Waals surface area contributed by atoms with E-state index >= 15 is 0 Å². The van der Waals surface area contributed by atoms with Crippen molar-refractivity contribution in [1.82, 2.24) is 0 Å². The van der Waals surface area contributed by atoms with Crippen LogP contribution in [-0.2, 0) is 0 Å². The summed E-state index contributed by atoms with van der Waals surface area (Å²) < 4.78 is 3.60. The molecule has 0 aromatic carbocycles. The molecule has 2 rings (SSSR count). The van der Waals surface area contributed by atoms with Gasteiger partial charge in [0.2, 0.25) is 0 Å². The molecule has 0 aromatic heterocycles. The van der Waals surface area contributed by atoms with Crippen LogP contribution < -0.4 is 0 Å². The van der Waals surface area contributed by atoms with Crippen LogP contribution in [0.4, 0.5) is 0 Å². The van der Waals surface area contributed by atoms with E-state index < -0.39 is 88.3 Å². The Morgan fingerprint density at radius 3 is 0.488 bits per heavy atom. The van der Waals surface area contributed by atoms with Gasteiger partial charge in [0.15, 0.2) is 0 Å². The van der Waals surface area contributed by atoms with Crippen LogP contribution in [0.1, 0.15) is 25.7 Å². The zero-order valence-corrected chi connectivity index (χ0v) is 48.6. The maximum atomic E-state index is 2.93. The first-order chi connectivity index (χ1) is 18.4. The van der Waals surface area contributed by atoms with E-state index in [1.54, 1.807) is 25.7 Å². The molecule has 0 bridgehead atoms. The predicted molar refractivity (Wildman–Crippen MR) is 233 cm³/mol. The first-order valence-corrected chi connectivity index (χ1v) is 63.1. The fraction of sp³-hybridized carbons (Fsp3) is 1.00. The predicted octanol–water partition coefficient (Wildman–Crippen LogP) is 12.2. The average Bonchev–Trinajstić information content (AvgIpc) is 3.21. The minimum atomic E-state index is -1.49. The monoisotopic (exact) mass is 910 g/mol. The summed E-state index contributed by atoms with van der Waals surface area (Å²) in [5, 5.41) is 0. The van der Waals surface area contributed by atoms with Crippen molar-refractivity contribution >= 4 is 98.7 Å². The molecular formula is C32H80Ge3Si8. The van der Waals surface area contributed by atoms with Gasteiger partial charge in [0, 0.05) is 0 Å². The van der Waals surface area contributed by atoms with Crippen molar-refractivity contribution in [2.45, 2.75) is 197 Å². The van der Waals surface area contributed by atoms with Gasteiger partial charge in [-0.05, 0) is 0 Å². The van der Waals surface area contributed by atoms with Gasteiger partial charge >= 0.3 is 295 Å². The molecule has 0 spiro atoms. The standard InChI is InChI=1S/C32H80Ge3Si8/c1-36(2,3)29(37(4,5)6)25-26-30(38(7,8)9,39(10,11)12)34(29)33-35-31(40(13,14)15,41(16,17)18)27-28-32(35,42(19,20)21)43(22,23)24/h25-28H2,1-24H3. The Morgan fingerprint density at radius 2 is 0.395 bits per heavy atom. The molecule has 43 heavy (non-hydrogen) atoms. The van der Waals surface area contributed by atoms with E-state index in [1.807, 2.05) is 0 Å². The van der Waals surface area contributed by atoms with Crippen molar-refractivity contribution in [3.63, 3.8) is 0 Å². The third-order valence-electron chi connectivity index (χ3n) is 13.9. The van der Waals surface area contributed by atoms with Crippen molar-refractivity contribution in [2.75, 3.05) is 0 Å². The van der Waals surface area contributed by atoms with Crippen LogP contribution in [0, 0.1) is 0 Å². The maximum absolute atomic E-state index is 2.93. The summed E-state index contributed by atoms with van der Waals surface area (Å²) in [4.78, 5) is 0. The molecule has 2 saturated heterocycles. The van der Waals surface area contributed by atoms with E-state index in [1.165, 1.54) is 0 Å². The fourth-order valence-electron chi connectivity index (χ4n) is 13.0. The van der Waals surface area contributed by atoms with Crippen LogP contribution >= 0.6 is 0 Å². The van der Waals surface area contributed by atoms with Gasteiger partial charge in [0.25, 0.3) is 0 Å².